The van der Waals surface area contributed by atoms with Crippen molar-refractivity contribution in [3.63, 3.8) is 0 Å². The van der Waals surface area contributed by atoms with Crippen LogP contribution in [0.5, 0.6) is 11.5 Å². The van der Waals surface area contributed by atoms with Gasteiger partial charge in [-0.15, -0.1) is 0 Å². The summed E-state index contributed by atoms with van der Waals surface area (Å²) >= 11 is 0. The molecule has 0 N–H and O–H groups in total. The summed E-state index contributed by atoms with van der Waals surface area (Å²) < 4.78 is 17.9. The van der Waals surface area contributed by atoms with Gasteiger partial charge >= 0.3 is 5.97 Å². The summed E-state index contributed by atoms with van der Waals surface area (Å²) in [7, 11) is 1.40. The van der Waals surface area contributed by atoms with Crippen LogP contribution in [0.25, 0.3) is 28.0 Å². The molecule has 154 valence electrons. The molecule has 1 aliphatic heterocycles. The van der Waals surface area contributed by atoms with E-state index in [0.29, 0.717) is 34.3 Å². The summed E-state index contributed by atoms with van der Waals surface area (Å²) in [6, 6.07) is 17.3. The molecule has 6 rings (SSSR count). The van der Waals surface area contributed by atoms with Gasteiger partial charge in [0.2, 0.25) is 6.79 Å². The third-order valence-corrected chi connectivity index (χ3v) is 5.70. The smallest absolute Gasteiger partial charge is 0.338 e. The summed E-state index contributed by atoms with van der Waals surface area (Å²) in [6.07, 6.45) is 2.12. The number of carbonyl (C=O) groups is 1. The van der Waals surface area contributed by atoms with Gasteiger partial charge in [0.1, 0.15) is 0 Å². The Morgan fingerprint density at radius 2 is 1.87 bits per heavy atom. The number of nitrogens with zero attached hydrogens (tertiary/aromatic N) is 3. The standard InChI is InChI=1S/C24H19N3O4/c1-29-24(28)17-12-18(15-9-10-19-20(11-15)31-13-30-19)25-23-21(17)22(14-7-8-14)26-27(23)16-5-3-2-4-6-16/h2-6,9-12,14H,7-8,13H2,1H3. The predicted octanol–water partition coefficient (Wildman–Crippen LogP) is 4.48. The van der Waals surface area contributed by atoms with Crippen LogP contribution in [0.4, 0.5) is 0 Å². The summed E-state index contributed by atoms with van der Waals surface area (Å²) in [4.78, 5) is 17.8. The van der Waals surface area contributed by atoms with Crippen molar-refractivity contribution in [1.82, 2.24) is 14.8 Å². The molecule has 31 heavy (non-hydrogen) atoms. The average Bonchev–Trinajstić information content (AvgIpc) is 3.42. The van der Waals surface area contributed by atoms with E-state index < -0.39 is 5.97 Å². The molecule has 0 spiro atoms. The minimum Gasteiger partial charge on any atom is -0.465 e. The van der Waals surface area contributed by atoms with Gasteiger partial charge in [-0.1, -0.05) is 18.2 Å². The maximum absolute atomic E-state index is 12.8. The van der Waals surface area contributed by atoms with Crippen LogP contribution in [0.2, 0.25) is 0 Å². The number of hydrogen-bond acceptors (Lipinski definition) is 6. The molecule has 2 aromatic carbocycles. The fraction of sp³-hybridized carbons (Fsp3) is 0.208. The molecule has 2 aliphatic rings. The van der Waals surface area contributed by atoms with E-state index in [2.05, 4.69) is 0 Å². The zero-order chi connectivity index (χ0) is 20.9. The highest BCUT2D eigenvalue weighted by molar-refractivity contribution is 6.05. The van der Waals surface area contributed by atoms with Crippen molar-refractivity contribution in [1.29, 1.82) is 0 Å². The Morgan fingerprint density at radius 3 is 2.65 bits per heavy atom. The maximum atomic E-state index is 12.8. The van der Waals surface area contributed by atoms with Crippen LogP contribution in [-0.4, -0.2) is 34.6 Å². The Kier molecular flexibility index (Phi) is 3.96. The molecular formula is C24H19N3O4. The molecule has 0 saturated heterocycles. The molecule has 0 amide bonds. The van der Waals surface area contributed by atoms with Crippen LogP contribution in [-0.2, 0) is 4.74 Å². The van der Waals surface area contributed by atoms with Gasteiger partial charge < -0.3 is 14.2 Å². The van der Waals surface area contributed by atoms with Crippen molar-refractivity contribution < 1.29 is 19.0 Å². The van der Waals surface area contributed by atoms with Crippen molar-refractivity contribution in [2.24, 2.45) is 0 Å². The van der Waals surface area contributed by atoms with Crippen molar-refractivity contribution >= 4 is 17.0 Å². The number of carbonyl (C=O) groups excluding carboxylic acids is 1. The summed E-state index contributed by atoms with van der Waals surface area (Å²) in [6.45, 7) is 0.199. The highest BCUT2D eigenvalue weighted by atomic mass is 16.7. The second-order valence-corrected chi connectivity index (χ2v) is 7.72. The molecule has 4 aromatic rings. The number of pyridine rings is 1. The second kappa shape index (κ2) is 6.84. The number of ether oxygens (including phenoxy) is 3. The SMILES string of the molecule is COC(=O)c1cc(-c2ccc3c(c2)OCO3)nc2c1c(C1CC1)nn2-c1ccccc1. The Bertz CT molecular complexity index is 1330. The summed E-state index contributed by atoms with van der Waals surface area (Å²) in [5.41, 5.74) is 4.39. The number of aromatic nitrogens is 3. The first-order chi connectivity index (χ1) is 15.2. The lowest BCUT2D eigenvalue weighted by molar-refractivity contribution is 0.0603. The van der Waals surface area contributed by atoms with Crippen LogP contribution in [0.15, 0.2) is 54.6 Å². The summed E-state index contributed by atoms with van der Waals surface area (Å²) in [5, 5.41) is 5.66. The molecule has 3 heterocycles. The normalized spacial score (nSPS) is 14.7. The molecule has 0 unspecified atom stereocenters. The zero-order valence-electron chi connectivity index (χ0n) is 16.9. The minimum atomic E-state index is -0.399. The first-order valence-corrected chi connectivity index (χ1v) is 10.2. The van der Waals surface area contributed by atoms with Crippen molar-refractivity contribution in [2.75, 3.05) is 13.9 Å². The van der Waals surface area contributed by atoms with Gasteiger partial charge in [0.15, 0.2) is 17.1 Å². The van der Waals surface area contributed by atoms with Crippen molar-refractivity contribution in [3.8, 4) is 28.4 Å². The largest absolute Gasteiger partial charge is 0.465 e. The number of hydrogen-bond donors (Lipinski definition) is 0. The second-order valence-electron chi connectivity index (χ2n) is 7.72. The highest BCUT2D eigenvalue weighted by Crippen LogP contribution is 2.44. The lowest BCUT2D eigenvalue weighted by Gasteiger charge is -2.09. The van der Waals surface area contributed by atoms with Gasteiger partial charge in [-0.2, -0.15) is 5.10 Å². The Hall–Kier alpha value is -3.87. The molecule has 0 atom stereocenters. The predicted molar refractivity (Wildman–Crippen MR) is 114 cm³/mol. The Labute approximate surface area is 178 Å². The average molecular weight is 413 g/mol. The highest BCUT2D eigenvalue weighted by Gasteiger charge is 2.33. The van der Waals surface area contributed by atoms with Gasteiger partial charge in [-0.25, -0.2) is 14.5 Å². The lowest BCUT2D eigenvalue weighted by Crippen LogP contribution is -2.05. The van der Waals surface area contributed by atoms with Gasteiger partial charge in [0, 0.05) is 11.5 Å². The van der Waals surface area contributed by atoms with Crippen molar-refractivity contribution in [3.05, 3.63) is 65.9 Å². The van der Waals surface area contributed by atoms with E-state index in [1.165, 1.54) is 7.11 Å². The number of fused-ring (bicyclic) bond motifs is 2. The van der Waals surface area contributed by atoms with E-state index in [-0.39, 0.29) is 6.79 Å². The topological polar surface area (TPSA) is 75.5 Å². The van der Waals surface area contributed by atoms with Crippen LogP contribution in [0.3, 0.4) is 0 Å². The van der Waals surface area contributed by atoms with E-state index in [1.54, 1.807) is 6.07 Å². The molecule has 1 aliphatic carbocycles. The number of esters is 1. The van der Waals surface area contributed by atoms with Crippen LogP contribution in [0, 0.1) is 0 Å². The summed E-state index contributed by atoms with van der Waals surface area (Å²) in [5.74, 6) is 1.30. The van der Waals surface area contributed by atoms with Crippen molar-refractivity contribution in [2.45, 2.75) is 18.8 Å². The van der Waals surface area contributed by atoms with E-state index in [4.69, 9.17) is 24.3 Å². The van der Waals surface area contributed by atoms with Gasteiger partial charge in [0.05, 0.1) is 35.1 Å². The number of benzene rings is 2. The zero-order valence-corrected chi connectivity index (χ0v) is 16.9. The van der Waals surface area contributed by atoms with Crippen LogP contribution in [0.1, 0.15) is 34.8 Å². The van der Waals surface area contributed by atoms with E-state index >= 15 is 0 Å². The molecule has 1 saturated carbocycles. The molecular weight excluding hydrogens is 394 g/mol. The molecule has 0 radical (unpaired) electrons. The molecule has 1 fully saturated rings. The minimum absolute atomic E-state index is 0.199. The molecule has 2 aromatic heterocycles. The fourth-order valence-corrected chi connectivity index (χ4v) is 4.01. The number of methoxy groups -OCH3 is 1. The van der Waals surface area contributed by atoms with E-state index in [0.717, 1.165) is 35.2 Å². The number of rotatable bonds is 4. The maximum Gasteiger partial charge on any atom is 0.338 e. The van der Waals surface area contributed by atoms with Gasteiger partial charge in [-0.05, 0) is 49.2 Å². The first kappa shape index (κ1) is 17.9. The lowest BCUT2D eigenvalue weighted by atomic mass is 10.0. The van der Waals surface area contributed by atoms with Crippen LogP contribution < -0.4 is 9.47 Å². The Morgan fingerprint density at radius 1 is 1.06 bits per heavy atom. The third kappa shape index (κ3) is 2.92. The third-order valence-electron chi connectivity index (χ3n) is 5.70. The fourth-order valence-electron chi connectivity index (χ4n) is 4.01. The Balaban J connectivity index is 1.64. The number of para-hydroxylation sites is 1. The molecule has 0 bridgehead atoms. The van der Waals surface area contributed by atoms with E-state index in [9.17, 15) is 4.79 Å². The first-order valence-electron chi connectivity index (χ1n) is 10.2. The quantitative estimate of drug-likeness (QED) is 0.459. The monoisotopic (exact) mass is 413 g/mol. The van der Waals surface area contributed by atoms with E-state index in [1.807, 2.05) is 53.2 Å². The molecule has 7 heteroatoms. The van der Waals surface area contributed by atoms with Gasteiger partial charge in [0.25, 0.3) is 0 Å². The van der Waals surface area contributed by atoms with Crippen LogP contribution >= 0.6 is 0 Å². The molecule has 7 nitrogen and oxygen atoms in total. The van der Waals surface area contributed by atoms with Gasteiger partial charge in [-0.3, -0.25) is 0 Å².